The molecular weight excluding hydrogens is 240 g/mol. The summed E-state index contributed by atoms with van der Waals surface area (Å²) in [6.45, 7) is 6.29. The van der Waals surface area contributed by atoms with Gasteiger partial charge in [-0.3, -0.25) is 0 Å². The number of nitrogens with two attached hydrogens (primary N) is 2. The second-order valence-electron chi connectivity index (χ2n) is 4.69. The zero-order valence-electron chi connectivity index (χ0n) is 11.9. The molecule has 0 saturated carbocycles. The van der Waals surface area contributed by atoms with E-state index in [4.69, 9.17) is 16.9 Å². The first-order valence-electron chi connectivity index (χ1n) is 6.53. The maximum absolute atomic E-state index is 12.0. The molecule has 0 spiro atoms. The highest BCUT2D eigenvalue weighted by Gasteiger charge is 2.43. The monoisotopic (exact) mass is 263 g/mol. The Morgan fingerprint density at radius 1 is 1.32 bits per heavy atom. The van der Waals surface area contributed by atoms with Crippen molar-refractivity contribution in [2.24, 2.45) is 11.5 Å². The molecule has 5 heteroatoms. The number of urea groups is 1. The van der Waals surface area contributed by atoms with Crippen LogP contribution in [0.5, 0.6) is 0 Å². The van der Waals surface area contributed by atoms with Gasteiger partial charge in [-0.25, -0.2) is 10.2 Å². The van der Waals surface area contributed by atoms with Gasteiger partial charge in [0.15, 0.2) is 5.69 Å². The zero-order valence-corrected chi connectivity index (χ0v) is 11.9. The summed E-state index contributed by atoms with van der Waals surface area (Å²) in [7, 11) is 0. The summed E-state index contributed by atoms with van der Waals surface area (Å²) < 4.78 is -0.383. The molecule has 0 radical (unpaired) electrons. The number of carbonyl (C=O) groups excluding carboxylic acids is 1. The quantitative estimate of drug-likeness (QED) is 0.441. The molecule has 1 unspecified atom stereocenters. The Bertz CT molecular complexity index is 482. The van der Waals surface area contributed by atoms with Gasteiger partial charge in [0.05, 0.1) is 6.54 Å². The van der Waals surface area contributed by atoms with E-state index in [9.17, 15) is 4.79 Å². The number of rotatable bonds is 4. The van der Waals surface area contributed by atoms with Crippen LogP contribution in [-0.4, -0.2) is 18.5 Å². The Morgan fingerprint density at radius 2 is 1.95 bits per heavy atom. The molecule has 0 aliphatic heterocycles. The summed E-state index contributed by atoms with van der Waals surface area (Å²) >= 11 is 0. The van der Waals surface area contributed by atoms with Crippen molar-refractivity contribution in [2.45, 2.75) is 33.6 Å². The van der Waals surface area contributed by atoms with Crippen molar-refractivity contribution >= 4 is 17.7 Å². The molecule has 0 aromatic heterocycles. The Kier molecular flexibility index (Phi) is 4.67. The average molecular weight is 263 g/mol. The van der Waals surface area contributed by atoms with E-state index in [1.54, 1.807) is 0 Å². The number of para-hydroxylation sites is 1. The van der Waals surface area contributed by atoms with E-state index in [2.05, 4.69) is 0 Å². The summed E-state index contributed by atoms with van der Waals surface area (Å²) in [5.41, 5.74) is 14.0. The minimum Gasteiger partial charge on any atom is -0.337 e. The third kappa shape index (κ3) is 2.46. The van der Waals surface area contributed by atoms with Gasteiger partial charge in [-0.2, -0.15) is 0 Å². The maximum atomic E-state index is 12.0. The number of guanidine groups is 1. The van der Waals surface area contributed by atoms with Crippen LogP contribution in [0, 0.1) is 12.3 Å². The standard InChI is InChI=1S/C14H22N4O/c1-4-9-18(13(15)16,14(17)19)12-10(3)7-6-8-11(12)5-2/h6-8H,4-5,9H2,1-3H3,(H4-,15,16,17,19)/p+1. The molecule has 2 amide bonds. The topological polar surface area (TPSA) is 93.0 Å². The zero-order chi connectivity index (χ0) is 14.6. The summed E-state index contributed by atoms with van der Waals surface area (Å²) in [4.78, 5) is 12.0. The molecule has 0 bridgehead atoms. The third-order valence-corrected chi connectivity index (χ3v) is 3.43. The summed E-state index contributed by atoms with van der Waals surface area (Å²) in [6, 6.07) is 5.22. The second kappa shape index (κ2) is 5.84. The number of nitrogens with zero attached hydrogens (tertiary/aromatic N) is 1. The fourth-order valence-electron chi connectivity index (χ4n) is 2.58. The Labute approximate surface area is 114 Å². The molecule has 5 nitrogen and oxygen atoms in total. The molecule has 1 aromatic rings. The number of hydrogen-bond acceptors (Lipinski definition) is 2. The van der Waals surface area contributed by atoms with Crippen LogP contribution in [-0.2, 0) is 6.42 Å². The van der Waals surface area contributed by atoms with Crippen molar-refractivity contribution in [2.75, 3.05) is 6.54 Å². The van der Waals surface area contributed by atoms with Gasteiger partial charge in [-0.05, 0) is 19.8 Å². The van der Waals surface area contributed by atoms with Gasteiger partial charge in [-0.1, -0.05) is 32.0 Å². The number of carbonyl (C=O) groups is 1. The Morgan fingerprint density at radius 3 is 2.37 bits per heavy atom. The molecule has 1 rings (SSSR count). The molecule has 0 aliphatic carbocycles. The van der Waals surface area contributed by atoms with Crippen molar-refractivity contribution in [3.8, 4) is 0 Å². The molecule has 104 valence electrons. The lowest BCUT2D eigenvalue weighted by atomic mass is 10.0. The van der Waals surface area contributed by atoms with Crippen LogP contribution < -0.4 is 16.0 Å². The predicted molar refractivity (Wildman–Crippen MR) is 79.0 cm³/mol. The lowest BCUT2D eigenvalue weighted by Gasteiger charge is -2.33. The summed E-state index contributed by atoms with van der Waals surface area (Å²) in [5, 5.41) is 7.89. The van der Waals surface area contributed by atoms with E-state index >= 15 is 0 Å². The molecular formula is C14H23N4O+. The van der Waals surface area contributed by atoms with Crippen molar-refractivity contribution in [1.82, 2.24) is 4.48 Å². The highest BCUT2D eigenvalue weighted by molar-refractivity contribution is 6.08. The molecule has 0 heterocycles. The van der Waals surface area contributed by atoms with Crippen LogP contribution in [0.3, 0.4) is 0 Å². The average Bonchev–Trinajstić information content (AvgIpc) is 2.35. The van der Waals surface area contributed by atoms with Crippen LogP contribution in [0.1, 0.15) is 31.4 Å². The van der Waals surface area contributed by atoms with Crippen LogP contribution in [0.15, 0.2) is 18.2 Å². The minimum absolute atomic E-state index is 0.224. The van der Waals surface area contributed by atoms with E-state index in [1.165, 1.54) is 0 Å². The highest BCUT2D eigenvalue weighted by atomic mass is 16.2. The lowest BCUT2D eigenvalue weighted by Crippen LogP contribution is -2.64. The van der Waals surface area contributed by atoms with Crippen LogP contribution >= 0.6 is 0 Å². The third-order valence-electron chi connectivity index (χ3n) is 3.43. The van der Waals surface area contributed by atoms with Gasteiger partial charge in [-0.15, -0.1) is 4.48 Å². The molecule has 0 saturated heterocycles. The van der Waals surface area contributed by atoms with Gasteiger partial charge < -0.3 is 11.5 Å². The number of aryl methyl sites for hydroxylation is 2. The fourth-order valence-corrected chi connectivity index (χ4v) is 2.58. The number of amides is 2. The summed E-state index contributed by atoms with van der Waals surface area (Å²) in [5.74, 6) is -0.224. The van der Waals surface area contributed by atoms with Crippen LogP contribution in [0.25, 0.3) is 0 Å². The van der Waals surface area contributed by atoms with E-state index in [0.29, 0.717) is 13.0 Å². The Balaban J connectivity index is 3.66. The SMILES string of the molecule is CCC[N+](C(=N)N)(C(N)=O)c1c(C)cccc1CC. The molecule has 0 fully saturated rings. The van der Waals surface area contributed by atoms with Crippen molar-refractivity contribution in [3.63, 3.8) is 0 Å². The smallest absolute Gasteiger partial charge is 0.337 e. The largest absolute Gasteiger partial charge is 0.426 e. The first-order chi connectivity index (χ1) is 8.91. The van der Waals surface area contributed by atoms with E-state index in [0.717, 1.165) is 23.2 Å². The van der Waals surface area contributed by atoms with Gasteiger partial charge >= 0.3 is 12.0 Å². The predicted octanol–water partition coefficient (Wildman–Crippen LogP) is 2.25. The maximum Gasteiger partial charge on any atom is 0.426 e. The van der Waals surface area contributed by atoms with Crippen LogP contribution in [0.4, 0.5) is 10.5 Å². The van der Waals surface area contributed by atoms with Crippen molar-refractivity contribution < 1.29 is 4.79 Å². The molecule has 0 aliphatic rings. The summed E-state index contributed by atoms with van der Waals surface area (Å²) in [6.07, 6.45) is 1.47. The van der Waals surface area contributed by atoms with E-state index < -0.39 is 6.03 Å². The minimum atomic E-state index is -0.599. The van der Waals surface area contributed by atoms with Crippen LogP contribution in [0.2, 0.25) is 0 Å². The molecule has 1 atom stereocenters. The van der Waals surface area contributed by atoms with Crippen molar-refractivity contribution in [1.29, 1.82) is 5.41 Å². The second-order valence-corrected chi connectivity index (χ2v) is 4.69. The molecule has 5 N–H and O–H groups in total. The van der Waals surface area contributed by atoms with E-state index in [-0.39, 0.29) is 10.4 Å². The van der Waals surface area contributed by atoms with Gasteiger partial charge in [0.1, 0.15) is 0 Å². The lowest BCUT2D eigenvalue weighted by molar-refractivity contribution is 0.229. The van der Waals surface area contributed by atoms with E-state index in [1.807, 2.05) is 39.0 Å². The normalized spacial score (nSPS) is 13.8. The molecule has 19 heavy (non-hydrogen) atoms. The highest BCUT2D eigenvalue weighted by Crippen LogP contribution is 2.32. The van der Waals surface area contributed by atoms with Gasteiger partial charge in [0, 0.05) is 11.1 Å². The number of benzene rings is 1. The van der Waals surface area contributed by atoms with Crippen molar-refractivity contribution in [3.05, 3.63) is 29.3 Å². The first kappa shape index (κ1) is 15.2. The van der Waals surface area contributed by atoms with Gasteiger partial charge in [0.25, 0.3) is 0 Å². The number of primary amides is 1. The Hall–Kier alpha value is -1.88. The number of quaternary nitrogens is 1. The fraction of sp³-hybridized carbons (Fsp3) is 0.429. The molecule has 1 aromatic carbocycles. The van der Waals surface area contributed by atoms with Gasteiger partial charge in [0.2, 0.25) is 0 Å². The first-order valence-corrected chi connectivity index (χ1v) is 6.53. The number of nitrogens with one attached hydrogen (secondary N) is 1. The number of hydrogen-bond donors (Lipinski definition) is 3.